The largest absolute Gasteiger partial charge is 0.478 e. The highest BCUT2D eigenvalue weighted by molar-refractivity contribution is 9.10. The molecule has 0 spiro atoms. The van der Waals surface area contributed by atoms with Crippen LogP contribution in [-0.4, -0.2) is 9.91 Å². The third kappa shape index (κ3) is 3.68. The van der Waals surface area contributed by atoms with Gasteiger partial charge in [-0.25, -0.2) is 4.39 Å². The van der Waals surface area contributed by atoms with Gasteiger partial charge in [-0.2, -0.15) is 0 Å². The summed E-state index contributed by atoms with van der Waals surface area (Å²) in [5.41, 5.74) is 0.394. The summed E-state index contributed by atoms with van der Waals surface area (Å²) in [6, 6.07) is 5.28. The summed E-state index contributed by atoms with van der Waals surface area (Å²) in [4.78, 5) is 14.0. The molecule has 0 saturated carbocycles. The van der Waals surface area contributed by atoms with Crippen LogP contribution in [0.2, 0.25) is 5.02 Å². The molecule has 0 saturated heterocycles. The number of nitro groups is 1. The van der Waals surface area contributed by atoms with Crippen LogP contribution in [0.5, 0.6) is 5.75 Å². The number of aromatic nitrogens is 1. The highest BCUT2D eigenvalue weighted by atomic mass is 79.9. The number of hydrogen-bond donors (Lipinski definition) is 0. The number of ether oxygens (including phenoxy) is 1. The monoisotopic (exact) mass is 374 g/mol. The van der Waals surface area contributed by atoms with Crippen molar-refractivity contribution in [3.63, 3.8) is 0 Å². The van der Waals surface area contributed by atoms with E-state index in [1.807, 2.05) is 0 Å². The third-order valence-electron chi connectivity index (χ3n) is 2.67. The van der Waals surface area contributed by atoms with Gasteiger partial charge in [0.15, 0.2) is 6.20 Å². The van der Waals surface area contributed by atoms with Crippen molar-refractivity contribution in [1.82, 2.24) is 4.98 Å². The average Bonchev–Trinajstić information content (AvgIpc) is 2.41. The number of nitrogens with zero attached hydrogens (tertiary/aromatic N) is 2. The van der Waals surface area contributed by atoms with E-state index in [1.165, 1.54) is 30.5 Å². The van der Waals surface area contributed by atoms with Crippen molar-refractivity contribution in [2.45, 2.75) is 13.0 Å². The summed E-state index contributed by atoms with van der Waals surface area (Å²) in [6.07, 6.45) is 0.619. The summed E-state index contributed by atoms with van der Waals surface area (Å²) < 4.78 is 19.3. The molecule has 0 N–H and O–H groups in total. The Morgan fingerprint density at radius 2 is 2.19 bits per heavy atom. The number of pyridine rings is 1. The maximum atomic E-state index is 13.3. The lowest BCUT2D eigenvalue weighted by Gasteiger charge is -2.16. The minimum atomic E-state index is -0.678. The van der Waals surface area contributed by atoms with Crippen LogP contribution < -0.4 is 4.74 Å². The SMILES string of the molecule is CC(Oc1cc(Br)cnc1[N+](=O)[O-])c1cc(F)ccc1Cl. The molecule has 5 nitrogen and oxygen atoms in total. The molecule has 110 valence electrons. The predicted octanol–water partition coefficient (Wildman–Crippen LogP) is 4.68. The molecule has 1 aromatic heterocycles. The summed E-state index contributed by atoms with van der Waals surface area (Å²) >= 11 is 9.15. The molecule has 1 atom stereocenters. The third-order valence-corrected chi connectivity index (χ3v) is 3.45. The predicted molar refractivity (Wildman–Crippen MR) is 79.0 cm³/mol. The average molecular weight is 376 g/mol. The van der Waals surface area contributed by atoms with Gasteiger partial charge in [0.05, 0.1) is 4.47 Å². The Balaban J connectivity index is 2.35. The Morgan fingerprint density at radius 1 is 1.48 bits per heavy atom. The smallest absolute Gasteiger partial charge is 0.406 e. The van der Waals surface area contributed by atoms with E-state index in [1.54, 1.807) is 6.92 Å². The summed E-state index contributed by atoms with van der Waals surface area (Å²) in [7, 11) is 0. The second-order valence-electron chi connectivity index (χ2n) is 4.16. The van der Waals surface area contributed by atoms with Crippen molar-refractivity contribution in [2.24, 2.45) is 0 Å². The first-order valence-electron chi connectivity index (χ1n) is 5.80. The standard InChI is InChI=1S/C13H9BrClFN2O3/c1-7(10-5-9(16)2-3-11(10)15)21-12-4-8(14)6-17-13(12)18(19)20/h2-7H,1H3. The van der Waals surface area contributed by atoms with E-state index in [-0.39, 0.29) is 5.75 Å². The molecule has 0 aliphatic carbocycles. The van der Waals surface area contributed by atoms with E-state index in [9.17, 15) is 14.5 Å². The molecule has 1 heterocycles. The Kier molecular flexibility index (Phi) is 4.74. The van der Waals surface area contributed by atoms with Gasteiger partial charge in [0.1, 0.15) is 11.9 Å². The molecule has 8 heteroatoms. The van der Waals surface area contributed by atoms with E-state index in [0.29, 0.717) is 15.1 Å². The van der Waals surface area contributed by atoms with E-state index < -0.39 is 22.7 Å². The maximum absolute atomic E-state index is 13.3. The van der Waals surface area contributed by atoms with Crippen molar-refractivity contribution >= 4 is 33.3 Å². The fraction of sp³-hybridized carbons (Fsp3) is 0.154. The number of benzene rings is 1. The van der Waals surface area contributed by atoms with Crippen molar-refractivity contribution in [1.29, 1.82) is 0 Å². The van der Waals surface area contributed by atoms with Crippen LogP contribution >= 0.6 is 27.5 Å². The normalized spacial score (nSPS) is 12.0. The molecule has 21 heavy (non-hydrogen) atoms. The summed E-state index contributed by atoms with van der Waals surface area (Å²) in [5.74, 6) is -0.911. The molecule has 0 radical (unpaired) electrons. The number of rotatable bonds is 4. The zero-order chi connectivity index (χ0) is 15.6. The van der Waals surface area contributed by atoms with Crippen molar-refractivity contribution in [3.05, 3.63) is 61.5 Å². The van der Waals surface area contributed by atoms with Crippen LogP contribution in [-0.2, 0) is 0 Å². The first kappa shape index (κ1) is 15.7. The van der Waals surface area contributed by atoms with Gasteiger partial charge < -0.3 is 14.9 Å². The van der Waals surface area contributed by atoms with E-state index >= 15 is 0 Å². The first-order chi connectivity index (χ1) is 9.88. The molecular formula is C13H9BrClFN2O3. The van der Waals surface area contributed by atoms with Gasteiger partial charge >= 0.3 is 5.82 Å². The van der Waals surface area contributed by atoms with Crippen LogP contribution in [0.15, 0.2) is 34.9 Å². The van der Waals surface area contributed by atoms with Gasteiger partial charge in [0.25, 0.3) is 0 Å². The van der Waals surface area contributed by atoms with Crippen LogP contribution in [0.4, 0.5) is 10.2 Å². The second-order valence-corrected chi connectivity index (χ2v) is 5.48. The van der Waals surface area contributed by atoms with Crippen molar-refractivity contribution in [3.8, 4) is 5.75 Å². The van der Waals surface area contributed by atoms with Gasteiger partial charge in [-0.3, -0.25) is 0 Å². The van der Waals surface area contributed by atoms with Gasteiger partial charge in [0.2, 0.25) is 5.75 Å². The van der Waals surface area contributed by atoms with Crippen LogP contribution in [0.3, 0.4) is 0 Å². The summed E-state index contributed by atoms with van der Waals surface area (Å²) in [5, 5.41) is 11.2. The topological polar surface area (TPSA) is 65.3 Å². The lowest BCUT2D eigenvalue weighted by atomic mass is 10.1. The molecule has 0 bridgehead atoms. The van der Waals surface area contributed by atoms with Gasteiger partial charge in [0, 0.05) is 16.7 Å². The molecule has 1 unspecified atom stereocenters. The summed E-state index contributed by atoms with van der Waals surface area (Å²) in [6.45, 7) is 1.62. The Morgan fingerprint density at radius 3 is 2.86 bits per heavy atom. The molecule has 2 rings (SSSR count). The maximum Gasteiger partial charge on any atom is 0.406 e. The fourth-order valence-corrected chi connectivity index (χ4v) is 2.30. The first-order valence-corrected chi connectivity index (χ1v) is 6.97. The Hall–Kier alpha value is -1.73. The zero-order valence-corrected chi connectivity index (χ0v) is 13.1. The van der Waals surface area contributed by atoms with Gasteiger partial charge in [-0.1, -0.05) is 11.6 Å². The molecule has 0 amide bonds. The molecule has 1 aromatic carbocycles. The highest BCUT2D eigenvalue weighted by Crippen LogP contribution is 2.33. The molecular weight excluding hydrogens is 367 g/mol. The molecule has 0 fully saturated rings. The van der Waals surface area contributed by atoms with Crippen molar-refractivity contribution in [2.75, 3.05) is 0 Å². The molecule has 2 aromatic rings. The lowest BCUT2D eigenvalue weighted by molar-refractivity contribution is -0.390. The van der Waals surface area contributed by atoms with E-state index in [4.69, 9.17) is 16.3 Å². The molecule has 0 aliphatic heterocycles. The second kappa shape index (κ2) is 6.36. The number of hydrogen-bond acceptors (Lipinski definition) is 4. The quantitative estimate of drug-likeness (QED) is 0.574. The van der Waals surface area contributed by atoms with Gasteiger partial charge in [-0.15, -0.1) is 0 Å². The number of halogens is 3. The zero-order valence-electron chi connectivity index (χ0n) is 10.7. The lowest BCUT2D eigenvalue weighted by Crippen LogP contribution is -2.07. The fourth-order valence-electron chi connectivity index (χ4n) is 1.72. The van der Waals surface area contributed by atoms with Crippen molar-refractivity contribution < 1.29 is 14.1 Å². The highest BCUT2D eigenvalue weighted by Gasteiger charge is 2.21. The van der Waals surface area contributed by atoms with Crippen LogP contribution in [0.1, 0.15) is 18.6 Å². The van der Waals surface area contributed by atoms with Crippen LogP contribution in [0.25, 0.3) is 0 Å². The Bertz CT molecular complexity index is 699. The van der Waals surface area contributed by atoms with E-state index in [0.717, 1.165) is 0 Å². The van der Waals surface area contributed by atoms with Gasteiger partial charge in [-0.05, 0) is 51.0 Å². The Labute approximate surface area is 133 Å². The minimum Gasteiger partial charge on any atom is -0.478 e. The minimum absolute atomic E-state index is 0.0257. The van der Waals surface area contributed by atoms with Crippen LogP contribution in [0, 0.1) is 15.9 Å². The molecule has 0 aliphatic rings. The van der Waals surface area contributed by atoms with E-state index in [2.05, 4.69) is 20.9 Å².